The number of nitrogens with zero attached hydrogens (tertiary/aromatic N) is 3. The van der Waals surface area contributed by atoms with E-state index >= 15 is 0 Å². The first-order valence-electron chi connectivity index (χ1n) is 8.96. The molecule has 1 atom stereocenters. The van der Waals surface area contributed by atoms with Gasteiger partial charge in [-0.3, -0.25) is 4.68 Å². The molecule has 144 valence electrons. The first kappa shape index (κ1) is 20.0. The van der Waals surface area contributed by atoms with Gasteiger partial charge in [0.2, 0.25) is 0 Å². The van der Waals surface area contributed by atoms with E-state index in [-0.39, 0.29) is 0 Å². The minimum absolute atomic E-state index is 0.323. The fraction of sp³-hybridized carbons (Fsp3) is 0.579. The fourth-order valence-electron chi connectivity index (χ4n) is 3.06. The van der Waals surface area contributed by atoms with E-state index in [0.717, 1.165) is 40.6 Å². The number of hydrogen-bond acceptors (Lipinski definition) is 4. The molecule has 0 aliphatic rings. The summed E-state index contributed by atoms with van der Waals surface area (Å²) in [6.07, 6.45) is 0. The molecule has 0 saturated carbocycles. The third kappa shape index (κ3) is 4.46. The zero-order chi connectivity index (χ0) is 19.5. The number of furan rings is 1. The Hall–Kier alpha value is -2.28. The summed E-state index contributed by atoms with van der Waals surface area (Å²) in [4.78, 5) is 4.65. The zero-order valence-corrected chi connectivity index (χ0v) is 16.9. The molecule has 0 amide bonds. The Morgan fingerprint density at radius 2 is 2.00 bits per heavy atom. The van der Waals surface area contributed by atoms with Crippen molar-refractivity contribution in [3.05, 3.63) is 40.1 Å². The first-order valence-corrected chi connectivity index (χ1v) is 8.96. The van der Waals surface area contributed by atoms with Gasteiger partial charge in [0.05, 0.1) is 18.8 Å². The number of hydrogen-bond donors (Lipinski definition) is 3. The Kier molecular flexibility index (Phi) is 6.13. The Labute approximate surface area is 155 Å². The quantitative estimate of drug-likeness (QED) is 0.542. The first-order chi connectivity index (χ1) is 12.2. The number of rotatable bonds is 6. The van der Waals surface area contributed by atoms with Crippen molar-refractivity contribution in [2.45, 2.75) is 53.7 Å². The predicted octanol–water partition coefficient (Wildman–Crippen LogP) is 2.21. The lowest BCUT2D eigenvalue weighted by atomic mass is 9.96. The van der Waals surface area contributed by atoms with Gasteiger partial charge in [-0.15, -0.1) is 0 Å². The number of nitrogens with one attached hydrogen (secondary N) is 2. The van der Waals surface area contributed by atoms with Crippen molar-refractivity contribution >= 4 is 5.96 Å². The van der Waals surface area contributed by atoms with Gasteiger partial charge in [0, 0.05) is 30.4 Å². The number of aryl methyl sites for hydroxylation is 4. The van der Waals surface area contributed by atoms with Crippen LogP contribution in [0.15, 0.2) is 15.5 Å². The summed E-state index contributed by atoms with van der Waals surface area (Å²) in [5.74, 6) is 2.19. The molecule has 2 rings (SSSR count). The van der Waals surface area contributed by atoms with Crippen LogP contribution in [-0.4, -0.2) is 33.9 Å². The van der Waals surface area contributed by atoms with Crippen molar-refractivity contribution in [3.8, 4) is 0 Å². The van der Waals surface area contributed by atoms with Crippen LogP contribution in [0.2, 0.25) is 0 Å². The van der Waals surface area contributed by atoms with Gasteiger partial charge in [0.15, 0.2) is 5.96 Å². The molecule has 7 nitrogen and oxygen atoms in total. The molecule has 0 radical (unpaired) electrons. The zero-order valence-electron chi connectivity index (χ0n) is 16.9. The Morgan fingerprint density at radius 1 is 1.31 bits per heavy atom. The number of aliphatic hydroxyl groups is 1. The highest BCUT2D eigenvalue weighted by Crippen LogP contribution is 2.26. The number of aromatic nitrogens is 2. The molecule has 3 N–H and O–H groups in total. The van der Waals surface area contributed by atoms with Gasteiger partial charge in [-0.05, 0) is 47.6 Å². The SMILES string of the molecule is CCNC(=NCc1c(C)nn(C)c1C)NCC(C)(O)c1cc(C)oc1C. The number of guanidine groups is 1. The summed E-state index contributed by atoms with van der Waals surface area (Å²) in [5, 5.41) is 21.7. The maximum atomic E-state index is 10.9. The molecule has 7 heteroatoms. The summed E-state index contributed by atoms with van der Waals surface area (Å²) in [5.41, 5.74) is 2.95. The van der Waals surface area contributed by atoms with E-state index in [1.165, 1.54) is 0 Å². The molecule has 0 aliphatic carbocycles. The molecule has 2 aromatic rings. The largest absolute Gasteiger partial charge is 0.466 e. The maximum Gasteiger partial charge on any atom is 0.191 e. The van der Waals surface area contributed by atoms with Gasteiger partial charge >= 0.3 is 0 Å². The van der Waals surface area contributed by atoms with Crippen molar-refractivity contribution in [1.82, 2.24) is 20.4 Å². The van der Waals surface area contributed by atoms with E-state index < -0.39 is 5.60 Å². The van der Waals surface area contributed by atoms with Gasteiger partial charge in [-0.1, -0.05) is 0 Å². The lowest BCUT2D eigenvalue weighted by Gasteiger charge is -2.24. The molecular weight excluding hydrogens is 330 g/mol. The van der Waals surface area contributed by atoms with Crippen LogP contribution in [0.5, 0.6) is 0 Å². The minimum atomic E-state index is -1.06. The van der Waals surface area contributed by atoms with E-state index in [4.69, 9.17) is 4.42 Å². The van der Waals surface area contributed by atoms with Crippen LogP contribution >= 0.6 is 0 Å². The van der Waals surface area contributed by atoms with Crippen molar-refractivity contribution in [2.75, 3.05) is 13.1 Å². The van der Waals surface area contributed by atoms with Gasteiger partial charge in [-0.2, -0.15) is 5.10 Å². The predicted molar refractivity (Wildman–Crippen MR) is 103 cm³/mol. The average Bonchev–Trinajstić information content (AvgIpc) is 3.02. The third-order valence-electron chi connectivity index (χ3n) is 4.62. The van der Waals surface area contributed by atoms with Crippen LogP contribution in [0.25, 0.3) is 0 Å². The van der Waals surface area contributed by atoms with Crippen molar-refractivity contribution in [2.24, 2.45) is 12.0 Å². The smallest absolute Gasteiger partial charge is 0.191 e. The van der Waals surface area contributed by atoms with Gasteiger partial charge in [0.1, 0.15) is 17.1 Å². The van der Waals surface area contributed by atoms with Crippen molar-refractivity contribution < 1.29 is 9.52 Å². The molecule has 0 aliphatic heterocycles. The summed E-state index contributed by atoms with van der Waals surface area (Å²) in [6, 6.07) is 1.88. The molecule has 0 bridgehead atoms. The highest BCUT2D eigenvalue weighted by molar-refractivity contribution is 5.79. The lowest BCUT2D eigenvalue weighted by molar-refractivity contribution is 0.0601. The molecule has 0 fully saturated rings. The van der Waals surface area contributed by atoms with Crippen LogP contribution in [0.3, 0.4) is 0 Å². The van der Waals surface area contributed by atoms with Crippen LogP contribution < -0.4 is 10.6 Å². The summed E-state index contributed by atoms with van der Waals surface area (Å²) in [6.45, 7) is 13.2. The fourth-order valence-corrected chi connectivity index (χ4v) is 3.06. The van der Waals surface area contributed by atoms with Gasteiger partial charge in [-0.25, -0.2) is 4.99 Å². The molecule has 0 spiro atoms. The van der Waals surface area contributed by atoms with Gasteiger partial charge in [0.25, 0.3) is 0 Å². The minimum Gasteiger partial charge on any atom is -0.466 e. The van der Waals surface area contributed by atoms with E-state index in [2.05, 4.69) is 20.7 Å². The monoisotopic (exact) mass is 361 g/mol. The normalized spacial score (nSPS) is 14.4. The summed E-state index contributed by atoms with van der Waals surface area (Å²) in [7, 11) is 1.94. The van der Waals surface area contributed by atoms with Crippen LogP contribution in [0.4, 0.5) is 0 Å². The van der Waals surface area contributed by atoms with Crippen LogP contribution in [0.1, 0.15) is 47.9 Å². The number of aliphatic imine (C=N–C) groups is 1. The second-order valence-electron chi connectivity index (χ2n) is 6.92. The molecule has 2 aromatic heterocycles. The highest BCUT2D eigenvalue weighted by atomic mass is 16.3. The topological polar surface area (TPSA) is 87.6 Å². The second kappa shape index (κ2) is 7.95. The lowest BCUT2D eigenvalue weighted by Crippen LogP contribution is -2.44. The molecule has 1 unspecified atom stereocenters. The van der Waals surface area contributed by atoms with E-state index in [1.54, 1.807) is 6.92 Å². The van der Waals surface area contributed by atoms with E-state index in [0.29, 0.717) is 19.0 Å². The molecule has 0 aromatic carbocycles. The standard InChI is InChI=1S/C19H31N5O2/c1-8-20-18(21-10-16-13(3)23-24(7)14(16)4)22-11-19(6,25)17-9-12(2)26-15(17)5/h9,25H,8,10-11H2,1-7H3,(H2,20,21,22). The molecular formula is C19H31N5O2. The Morgan fingerprint density at radius 3 is 2.50 bits per heavy atom. The highest BCUT2D eigenvalue weighted by Gasteiger charge is 2.27. The average molecular weight is 361 g/mol. The van der Waals surface area contributed by atoms with Gasteiger partial charge < -0.3 is 20.2 Å². The molecule has 26 heavy (non-hydrogen) atoms. The Bertz CT molecular complexity index is 786. The third-order valence-corrected chi connectivity index (χ3v) is 4.62. The van der Waals surface area contributed by atoms with Crippen molar-refractivity contribution in [1.29, 1.82) is 0 Å². The summed E-state index contributed by atoms with van der Waals surface area (Å²) < 4.78 is 7.42. The van der Waals surface area contributed by atoms with Crippen molar-refractivity contribution in [3.63, 3.8) is 0 Å². The molecule has 0 saturated heterocycles. The van der Waals surface area contributed by atoms with Crippen LogP contribution in [0, 0.1) is 27.7 Å². The summed E-state index contributed by atoms with van der Waals surface area (Å²) >= 11 is 0. The Balaban J connectivity index is 2.11. The molecule has 2 heterocycles. The van der Waals surface area contributed by atoms with E-state index in [9.17, 15) is 5.11 Å². The second-order valence-corrected chi connectivity index (χ2v) is 6.92. The van der Waals surface area contributed by atoms with Crippen LogP contribution in [-0.2, 0) is 19.2 Å². The maximum absolute atomic E-state index is 10.9. The van der Waals surface area contributed by atoms with E-state index in [1.807, 2.05) is 52.4 Å².